The SMILES string of the molecule is CC1(C)CC(N2CC(C)(C(=O)O)C2)C1. The second-order valence-corrected chi connectivity index (χ2v) is 6.00. The molecule has 0 unspecified atom stereocenters. The van der Waals surface area contributed by atoms with Gasteiger partial charge in [0.05, 0.1) is 5.41 Å². The molecule has 0 aromatic heterocycles. The summed E-state index contributed by atoms with van der Waals surface area (Å²) in [5.41, 5.74) is 0.0135. The first kappa shape index (κ1) is 9.97. The first-order valence-electron chi connectivity index (χ1n) is 5.30. The predicted octanol–water partition coefficient (Wildman–Crippen LogP) is 1.58. The van der Waals surface area contributed by atoms with Gasteiger partial charge in [0.1, 0.15) is 0 Å². The molecule has 0 atom stereocenters. The fourth-order valence-electron chi connectivity index (χ4n) is 2.72. The fraction of sp³-hybridized carbons (Fsp3) is 0.909. The third-order valence-corrected chi connectivity index (χ3v) is 3.71. The summed E-state index contributed by atoms with van der Waals surface area (Å²) < 4.78 is 0. The maximum atomic E-state index is 10.9. The number of carbonyl (C=O) groups is 1. The molecule has 2 rings (SSSR count). The highest BCUT2D eigenvalue weighted by molar-refractivity contribution is 5.76. The lowest BCUT2D eigenvalue weighted by molar-refractivity contribution is -0.165. The van der Waals surface area contributed by atoms with E-state index >= 15 is 0 Å². The zero-order chi connectivity index (χ0) is 10.6. The summed E-state index contributed by atoms with van der Waals surface area (Å²) in [6.07, 6.45) is 2.45. The van der Waals surface area contributed by atoms with Gasteiger partial charge in [-0.3, -0.25) is 9.69 Å². The van der Waals surface area contributed by atoms with Crippen molar-refractivity contribution in [1.29, 1.82) is 0 Å². The topological polar surface area (TPSA) is 40.5 Å². The predicted molar refractivity (Wildman–Crippen MR) is 54.1 cm³/mol. The number of carboxylic acid groups (broad SMARTS) is 1. The van der Waals surface area contributed by atoms with Crippen LogP contribution < -0.4 is 0 Å². The van der Waals surface area contributed by atoms with Gasteiger partial charge >= 0.3 is 5.97 Å². The molecule has 0 aromatic carbocycles. The van der Waals surface area contributed by atoms with Gasteiger partial charge in [-0.05, 0) is 25.2 Å². The van der Waals surface area contributed by atoms with Crippen LogP contribution in [0.15, 0.2) is 0 Å². The Morgan fingerprint density at radius 2 is 1.79 bits per heavy atom. The van der Waals surface area contributed by atoms with Crippen LogP contribution in [0, 0.1) is 10.8 Å². The molecule has 1 N–H and O–H groups in total. The highest BCUT2D eigenvalue weighted by Crippen LogP contribution is 2.46. The highest BCUT2D eigenvalue weighted by Gasteiger charge is 2.51. The number of hydrogen-bond acceptors (Lipinski definition) is 2. The van der Waals surface area contributed by atoms with Crippen LogP contribution in [0.4, 0.5) is 0 Å². The largest absolute Gasteiger partial charge is 0.481 e. The van der Waals surface area contributed by atoms with Crippen molar-refractivity contribution in [3.05, 3.63) is 0 Å². The van der Waals surface area contributed by atoms with E-state index in [4.69, 9.17) is 5.11 Å². The molecule has 1 aliphatic heterocycles. The number of nitrogens with zero attached hydrogens (tertiary/aromatic N) is 1. The molecule has 1 saturated heterocycles. The van der Waals surface area contributed by atoms with Crippen molar-refractivity contribution < 1.29 is 9.90 Å². The van der Waals surface area contributed by atoms with Crippen LogP contribution in [0.1, 0.15) is 33.6 Å². The van der Waals surface area contributed by atoms with Crippen LogP contribution in [0.5, 0.6) is 0 Å². The summed E-state index contributed by atoms with van der Waals surface area (Å²) in [6, 6.07) is 0.650. The summed E-state index contributed by atoms with van der Waals surface area (Å²) in [7, 11) is 0. The van der Waals surface area contributed by atoms with Gasteiger partial charge in [-0.1, -0.05) is 13.8 Å². The molecule has 0 bridgehead atoms. The van der Waals surface area contributed by atoms with E-state index in [1.54, 1.807) is 0 Å². The molecule has 80 valence electrons. The van der Waals surface area contributed by atoms with Crippen molar-refractivity contribution >= 4 is 5.97 Å². The normalized spacial score (nSPS) is 30.5. The van der Waals surface area contributed by atoms with Crippen LogP contribution in [0.25, 0.3) is 0 Å². The molecule has 1 aliphatic carbocycles. The third kappa shape index (κ3) is 1.44. The second-order valence-electron chi connectivity index (χ2n) is 6.00. The van der Waals surface area contributed by atoms with Crippen molar-refractivity contribution in [2.24, 2.45) is 10.8 Å². The van der Waals surface area contributed by atoms with Crippen LogP contribution >= 0.6 is 0 Å². The Morgan fingerprint density at radius 3 is 2.14 bits per heavy atom. The highest BCUT2D eigenvalue weighted by atomic mass is 16.4. The molecular weight excluding hydrogens is 178 g/mol. The van der Waals surface area contributed by atoms with Crippen LogP contribution in [0.3, 0.4) is 0 Å². The van der Waals surface area contributed by atoms with E-state index < -0.39 is 11.4 Å². The number of aliphatic carboxylic acids is 1. The molecule has 1 heterocycles. The zero-order valence-corrected chi connectivity index (χ0v) is 9.21. The molecule has 1 saturated carbocycles. The fourth-order valence-corrected chi connectivity index (χ4v) is 2.72. The summed E-state index contributed by atoms with van der Waals surface area (Å²) in [5.74, 6) is -0.646. The maximum absolute atomic E-state index is 10.9. The smallest absolute Gasteiger partial charge is 0.311 e. The molecule has 3 heteroatoms. The van der Waals surface area contributed by atoms with Gasteiger partial charge in [-0.25, -0.2) is 0 Å². The minimum atomic E-state index is -0.646. The van der Waals surface area contributed by atoms with E-state index in [1.165, 1.54) is 12.8 Å². The monoisotopic (exact) mass is 197 g/mol. The average Bonchev–Trinajstić information content (AvgIpc) is 1.93. The van der Waals surface area contributed by atoms with E-state index in [0.29, 0.717) is 11.5 Å². The Balaban J connectivity index is 1.82. The van der Waals surface area contributed by atoms with Crippen molar-refractivity contribution in [3.8, 4) is 0 Å². The van der Waals surface area contributed by atoms with Crippen LogP contribution in [-0.4, -0.2) is 35.1 Å². The number of rotatable bonds is 2. The van der Waals surface area contributed by atoms with E-state index in [2.05, 4.69) is 18.7 Å². The van der Waals surface area contributed by atoms with Gasteiger partial charge in [-0.2, -0.15) is 0 Å². The number of likely N-dealkylation sites (tertiary alicyclic amines) is 1. The van der Waals surface area contributed by atoms with Gasteiger partial charge in [0, 0.05) is 19.1 Å². The first-order chi connectivity index (χ1) is 6.32. The van der Waals surface area contributed by atoms with Gasteiger partial charge < -0.3 is 5.11 Å². The quantitative estimate of drug-likeness (QED) is 0.730. The Labute approximate surface area is 85.1 Å². The first-order valence-corrected chi connectivity index (χ1v) is 5.30. The second kappa shape index (κ2) is 2.72. The van der Waals surface area contributed by atoms with Gasteiger partial charge in [0.25, 0.3) is 0 Å². The molecule has 0 aromatic rings. The van der Waals surface area contributed by atoms with E-state index in [1.807, 2.05) is 6.92 Å². The number of carboxylic acids is 1. The van der Waals surface area contributed by atoms with Crippen molar-refractivity contribution in [1.82, 2.24) is 4.90 Å². The summed E-state index contributed by atoms with van der Waals surface area (Å²) in [5, 5.41) is 8.96. The minimum Gasteiger partial charge on any atom is -0.481 e. The molecule has 2 aliphatic rings. The van der Waals surface area contributed by atoms with Crippen LogP contribution in [0.2, 0.25) is 0 Å². The van der Waals surface area contributed by atoms with E-state index in [-0.39, 0.29) is 0 Å². The standard InChI is InChI=1S/C11H19NO2/c1-10(2)4-8(5-10)12-6-11(3,7-12)9(13)14/h8H,4-7H2,1-3H3,(H,13,14). The lowest BCUT2D eigenvalue weighted by Crippen LogP contribution is -2.65. The van der Waals surface area contributed by atoms with E-state index in [0.717, 1.165) is 13.1 Å². The van der Waals surface area contributed by atoms with Gasteiger partial charge in [0.2, 0.25) is 0 Å². The zero-order valence-electron chi connectivity index (χ0n) is 9.21. The summed E-state index contributed by atoms with van der Waals surface area (Å²) in [6.45, 7) is 7.88. The molecule has 0 amide bonds. The molecule has 0 spiro atoms. The molecule has 0 radical (unpaired) electrons. The van der Waals surface area contributed by atoms with Crippen molar-refractivity contribution in [2.45, 2.75) is 39.7 Å². The maximum Gasteiger partial charge on any atom is 0.311 e. The average molecular weight is 197 g/mol. The van der Waals surface area contributed by atoms with Gasteiger partial charge in [0.15, 0.2) is 0 Å². The van der Waals surface area contributed by atoms with Gasteiger partial charge in [-0.15, -0.1) is 0 Å². The molecular formula is C11H19NO2. The third-order valence-electron chi connectivity index (χ3n) is 3.71. The van der Waals surface area contributed by atoms with Crippen molar-refractivity contribution in [3.63, 3.8) is 0 Å². The minimum absolute atomic E-state index is 0.472. The summed E-state index contributed by atoms with van der Waals surface area (Å²) >= 11 is 0. The Hall–Kier alpha value is -0.570. The Kier molecular flexibility index (Phi) is 1.94. The molecule has 14 heavy (non-hydrogen) atoms. The Bertz CT molecular complexity index is 258. The van der Waals surface area contributed by atoms with E-state index in [9.17, 15) is 4.79 Å². The van der Waals surface area contributed by atoms with Crippen molar-refractivity contribution in [2.75, 3.05) is 13.1 Å². The van der Waals surface area contributed by atoms with Crippen LogP contribution in [-0.2, 0) is 4.79 Å². The molecule has 3 nitrogen and oxygen atoms in total. The Morgan fingerprint density at radius 1 is 1.29 bits per heavy atom. The summed E-state index contributed by atoms with van der Waals surface area (Å²) in [4.78, 5) is 13.2. The molecule has 2 fully saturated rings. The lowest BCUT2D eigenvalue weighted by Gasteiger charge is -2.56. The number of hydrogen-bond donors (Lipinski definition) is 1. The lowest BCUT2D eigenvalue weighted by atomic mass is 9.65.